The Morgan fingerprint density at radius 1 is 1.27 bits per heavy atom. The second-order valence-corrected chi connectivity index (χ2v) is 7.20. The highest BCUT2D eigenvalue weighted by Gasteiger charge is 2.35. The van der Waals surface area contributed by atoms with E-state index in [1.807, 2.05) is 0 Å². The summed E-state index contributed by atoms with van der Waals surface area (Å²) in [6.45, 7) is -0.272. The summed E-state index contributed by atoms with van der Waals surface area (Å²) >= 11 is 8.37. The molecule has 30 heavy (non-hydrogen) atoms. The number of nitrogens with zero attached hydrogens (tertiary/aromatic N) is 1. The monoisotopic (exact) mass is 492 g/mol. The molecule has 1 aliphatic heterocycles. The van der Waals surface area contributed by atoms with Crippen molar-refractivity contribution in [2.75, 3.05) is 18.6 Å². The van der Waals surface area contributed by atoms with Gasteiger partial charge >= 0.3 is 5.97 Å². The van der Waals surface area contributed by atoms with Crippen LogP contribution in [0.4, 0.5) is 10.1 Å². The summed E-state index contributed by atoms with van der Waals surface area (Å²) < 4.78 is 24.5. The van der Waals surface area contributed by atoms with Gasteiger partial charge in [0.1, 0.15) is 17.1 Å². The number of carbonyl (C=O) groups excluding carboxylic acids is 3. The average Bonchev–Trinajstić information content (AvgIpc) is 2.71. The quantitative estimate of drug-likeness (QED) is 0.299. The predicted octanol–water partition coefficient (Wildman–Crippen LogP) is 2.97. The van der Waals surface area contributed by atoms with E-state index in [0.29, 0.717) is 15.8 Å². The van der Waals surface area contributed by atoms with Crippen LogP contribution in [-0.4, -0.2) is 36.6 Å². The summed E-state index contributed by atoms with van der Waals surface area (Å²) in [5.41, 5.74) is 0.209. The zero-order valence-corrected chi connectivity index (χ0v) is 17.9. The molecule has 0 spiro atoms. The maximum absolute atomic E-state index is 14.2. The SMILES string of the molecule is COC(=O)COc1ccc(/C=C2\C(=O)NC(=S)N(c3ccccc3F)C2=O)cc1Br. The number of halogens is 2. The molecule has 3 rings (SSSR count). The second-order valence-electron chi connectivity index (χ2n) is 5.96. The van der Waals surface area contributed by atoms with Gasteiger partial charge in [0.25, 0.3) is 11.8 Å². The maximum Gasteiger partial charge on any atom is 0.343 e. The third kappa shape index (κ3) is 4.55. The average molecular weight is 493 g/mol. The number of esters is 1. The molecule has 0 aromatic heterocycles. The van der Waals surface area contributed by atoms with Crippen LogP contribution in [0.3, 0.4) is 0 Å². The van der Waals surface area contributed by atoms with Gasteiger partial charge < -0.3 is 9.47 Å². The molecule has 2 aromatic carbocycles. The molecule has 2 amide bonds. The highest BCUT2D eigenvalue weighted by Crippen LogP contribution is 2.28. The second kappa shape index (κ2) is 9.14. The fraction of sp³-hybridized carbons (Fsp3) is 0.100. The van der Waals surface area contributed by atoms with Crippen molar-refractivity contribution in [1.82, 2.24) is 5.32 Å². The number of ether oxygens (including phenoxy) is 2. The standard InChI is InChI=1S/C20H14BrFN2O5S/c1-28-17(25)10-29-16-7-6-11(9-13(16)21)8-12-18(26)23-20(30)24(19(12)27)15-5-3-2-4-14(15)22/h2-9H,10H2,1H3,(H,23,26,30)/b12-8+. The van der Waals surface area contributed by atoms with Crippen molar-refractivity contribution in [2.45, 2.75) is 0 Å². The first-order chi connectivity index (χ1) is 14.3. The zero-order valence-electron chi connectivity index (χ0n) is 15.5. The Morgan fingerprint density at radius 3 is 2.67 bits per heavy atom. The van der Waals surface area contributed by atoms with E-state index in [2.05, 4.69) is 26.0 Å². The van der Waals surface area contributed by atoms with E-state index in [0.717, 1.165) is 4.90 Å². The van der Waals surface area contributed by atoms with Gasteiger partial charge in [0.2, 0.25) is 0 Å². The Morgan fingerprint density at radius 2 is 2.00 bits per heavy atom. The molecule has 1 N–H and O–H groups in total. The molecule has 1 fully saturated rings. The zero-order chi connectivity index (χ0) is 21.8. The van der Waals surface area contributed by atoms with Crippen LogP contribution in [0, 0.1) is 5.82 Å². The smallest absolute Gasteiger partial charge is 0.343 e. The molecular weight excluding hydrogens is 479 g/mol. The number of anilines is 1. The molecule has 2 aromatic rings. The van der Waals surface area contributed by atoms with Crippen molar-refractivity contribution < 1.29 is 28.2 Å². The lowest BCUT2D eigenvalue weighted by Crippen LogP contribution is -2.54. The first-order valence-electron chi connectivity index (χ1n) is 8.47. The van der Waals surface area contributed by atoms with Crippen LogP contribution in [0.25, 0.3) is 6.08 Å². The Bertz CT molecular complexity index is 1090. The molecule has 10 heteroatoms. The number of para-hydroxylation sites is 1. The molecule has 1 aliphatic rings. The number of hydrogen-bond donors (Lipinski definition) is 1. The highest BCUT2D eigenvalue weighted by molar-refractivity contribution is 9.10. The van der Waals surface area contributed by atoms with Crippen molar-refractivity contribution >= 4 is 62.8 Å². The number of hydrogen-bond acceptors (Lipinski definition) is 6. The molecule has 0 unspecified atom stereocenters. The molecule has 0 bridgehead atoms. The number of carbonyl (C=O) groups is 3. The van der Waals surface area contributed by atoms with Crippen molar-refractivity contribution in [2.24, 2.45) is 0 Å². The van der Waals surface area contributed by atoms with E-state index in [1.165, 1.54) is 31.4 Å². The van der Waals surface area contributed by atoms with Crippen LogP contribution in [0.15, 0.2) is 52.5 Å². The van der Waals surface area contributed by atoms with Crippen molar-refractivity contribution in [3.63, 3.8) is 0 Å². The van der Waals surface area contributed by atoms with Crippen LogP contribution in [0.1, 0.15) is 5.56 Å². The largest absolute Gasteiger partial charge is 0.481 e. The van der Waals surface area contributed by atoms with E-state index in [4.69, 9.17) is 17.0 Å². The van der Waals surface area contributed by atoms with Gasteiger partial charge in [-0.15, -0.1) is 0 Å². The normalized spacial score (nSPS) is 15.2. The maximum atomic E-state index is 14.2. The van der Waals surface area contributed by atoms with Gasteiger partial charge in [0.05, 0.1) is 17.3 Å². The molecule has 1 saturated heterocycles. The van der Waals surface area contributed by atoms with E-state index in [1.54, 1.807) is 24.3 Å². The fourth-order valence-electron chi connectivity index (χ4n) is 2.60. The Kier molecular flexibility index (Phi) is 6.58. The van der Waals surface area contributed by atoms with E-state index in [-0.39, 0.29) is 23.0 Å². The molecule has 0 aliphatic carbocycles. The molecule has 7 nitrogen and oxygen atoms in total. The Hall–Kier alpha value is -3.11. The number of rotatable bonds is 5. The molecule has 0 radical (unpaired) electrons. The fourth-order valence-corrected chi connectivity index (χ4v) is 3.38. The summed E-state index contributed by atoms with van der Waals surface area (Å²) in [4.78, 5) is 37.4. The number of amides is 2. The van der Waals surface area contributed by atoms with Gasteiger partial charge in [0.15, 0.2) is 11.7 Å². The van der Waals surface area contributed by atoms with Crippen molar-refractivity contribution in [3.8, 4) is 5.75 Å². The minimum atomic E-state index is -0.754. The van der Waals surface area contributed by atoms with Crippen LogP contribution in [0.5, 0.6) is 5.75 Å². The van der Waals surface area contributed by atoms with Crippen LogP contribution in [0.2, 0.25) is 0 Å². The molecule has 154 valence electrons. The molecule has 1 heterocycles. The summed E-state index contributed by atoms with van der Waals surface area (Å²) in [6, 6.07) is 10.4. The summed E-state index contributed by atoms with van der Waals surface area (Å²) in [7, 11) is 1.25. The summed E-state index contributed by atoms with van der Waals surface area (Å²) in [5, 5.41) is 2.19. The third-order valence-corrected chi connectivity index (χ3v) is 4.94. The first-order valence-corrected chi connectivity index (χ1v) is 9.67. The van der Waals surface area contributed by atoms with E-state index >= 15 is 0 Å². The minimum absolute atomic E-state index is 0.0638. The molecule has 0 saturated carbocycles. The third-order valence-electron chi connectivity index (χ3n) is 4.04. The molecule has 0 atom stereocenters. The highest BCUT2D eigenvalue weighted by atomic mass is 79.9. The van der Waals surface area contributed by atoms with Crippen LogP contribution >= 0.6 is 28.1 Å². The summed E-state index contributed by atoms with van der Waals surface area (Å²) in [6.07, 6.45) is 1.35. The predicted molar refractivity (Wildman–Crippen MR) is 114 cm³/mol. The minimum Gasteiger partial charge on any atom is -0.481 e. The lowest BCUT2D eigenvalue weighted by Gasteiger charge is -2.29. The van der Waals surface area contributed by atoms with Gasteiger partial charge in [-0.2, -0.15) is 0 Å². The van der Waals surface area contributed by atoms with Gasteiger partial charge in [-0.3, -0.25) is 14.9 Å². The van der Waals surface area contributed by atoms with Gasteiger partial charge in [0, 0.05) is 0 Å². The topological polar surface area (TPSA) is 84.9 Å². The summed E-state index contributed by atoms with van der Waals surface area (Å²) in [5.74, 6) is -2.27. The molecular formula is C20H14BrFN2O5S. The van der Waals surface area contributed by atoms with E-state index in [9.17, 15) is 18.8 Å². The number of benzene rings is 2. The van der Waals surface area contributed by atoms with Gasteiger partial charge in [-0.25, -0.2) is 14.1 Å². The van der Waals surface area contributed by atoms with Gasteiger partial charge in [-0.05, 0) is 64.1 Å². The number of nitrogens with one attached hydrogen (secondary N) is 1. The van der Waals surface area contributed by atoms with E-state index < -0.39 is 23.6 Å². The van der Waals surface area contributed by atoms with Crippen LogP contribution < -0.4 is 15.0 Å². The number of methoxy groups -OCH3 is 1. The lowest BCUT2D eigenvalue weighted by molar-refractivity contribution is -0.143. The first kappa shape index (κ1) is 21.6. The van der Waals surface area contributed by atoms with Crippen molar-refractivity contribution in [1.29, 1.82) is 0 Å². The number of thiocarbonyl (C=S) groups is 1. The van der Waals surface area contributed by atoms with Crippen molar-refractivity contribution in [3.05, 3.63) is 63.9 Å². The Balaban J connectivity index is 1.90. The van der Waals surface area contributed by atoms with Gasteiger partial charge in [-0.1, -0.05) is 18.2 Å². The Labute approximate surface area is 184 Å². The lowest BCUT2D eigenvalue weighted by atomic mass is 10.1. The van der Waals surface area contributed by atoms with Crippen LogP contribution in [-0.2, 0) is 19.1 Å².